The molecule has 0 saturated heterocycles. The van der Waals surface area contributed by atoms with Crippen LogP contribution in [0.5, 0.6) is 0 Å². The van der Waals surface area contributed by atoms with Crippen LogP contribution in [0, 0.1) is 0 Å². The molecule has 4 heteroatoms. The summed E-state index contributed by atoms with van der Waals surface area (Å²) in [5, 5.41) is 0. The van der Waals surface area contributed by atoms with E-state index in [2.05, 4.69) is 93.8 Å². The molecule has 2 aromatic carbocycles. The van der Waals surface area contributed by atoms with Gasteiger partial charge >= 0.3 is 201 Å². The summed E-state index contributed by atoms with van der Waals surface area (Å²) in [7, 11) is 6.32. The fourth-order valence-corrected chi connectivity index (χ4v) is 21.0. The summed E-state index contributed by atoms with van der Waals surface area (Å²) in [6.45, 7) is 7.06. The van der Waals surface area contributed by atoms with Crippen LogP contribution in [0.4, 0.5) is 5.69 Å². The molecule has 1 aromatic heterocycles. The number of imidazole rings is 1. The molecule has 3 rings (SSSR count). The first-order valence-corrected chi connectivity index (χ1v) is 20.2. The van der Waals surface area contributed by atoms with Crippen molar-refractivity contribution in [3.05, 3.63) is 42.5 Å². The standard InChI is InChI=1S/C16H16N3.3C4H9.Sn/c1-18(2)13-10-8-12(9-11-13)16-17-14-6-4-5-7-15(14)19(16)3;3*1-3-4-2;/h5-11H,1-3H3;3*1,3-4H2,2H3;. The molecule has 3 nitrogen and oxygen atoms in total. The maximum absolute atomic E-state index is 5.15. The van der Waals surface area contributed by atoms with Gasteiger partial charge in [-0.2, -0.15) is 0 Å². The van der Waals surface area contributed by atoms with Crippen molar-refractivity contribution < 1.29 is 0 Å². The van der Waals surface area contributed by atoms with E-state index >= 15 is 0 Å². The molecule has 0 aliphatic heterocycles. The summed E-state index contributed by atoms with van der Waals surface area (Å²) in [6.07, 6.45) is 8.13. The van der Waals surface area contributed by atoms with Crippen molar-refractivity contribution in [3.63, 3.8) is 0 Å². The monoisotopic (exact) mass is 541 g/mol. The number of fused-ring (bicyclic) bond motifs is 1. The first kappa shape index (κ1) is 25.1. The second-order valence-electron chi connectivity index (χ2n) is 9.73. The van der Waals surface area contributed by atoms with Crippen molar-refractivity contribution in [1.29, 1.82) is 0 Å². The zero-order valence-corrected chi connectivity index (χ0v) is 24.1. The van der Waals surface area contributed by atoms with Gasteiger partial charge in [-0.25, -0.2) is 0 Å². The molecule has 0 N–H and O–H groups in total. The molecule has 0 atom stereocenters. The van der Waals surface area contributed by atoms with Gasteiger partial charge in [0.2, 0.25) is 0 Å². The van der Waals surface area contributed by atoms with E-state index in [4.69, 9.17) is 4.98 Å². The molecule has 0 fully saturated rings. The summed E-state index contributed by atoms with van der Waals surface area (Å²) >= 11 is -2.44. The average molecular weight is 540 g/mol. The third-order valence-corrected chi connectivity index (χ3v) is 22.8. The Kier molecular flexibility index (Phi) is 9.10. The van der Waals surface area contributed by atoms with Crippen LogP contribution in [0.1, 0.15) is 59.3 Å². The number of hydrogen-bond acceptors (Lipinski definition) is 2. The number of nitrogens with zero attached hydrogens (tertiary/aromatic N) is 3. The Labute approximate surface area is 200 Å². The molecule has 32 heavy (non-hydrogen) atoms. The first-order chi connectivity index (χ1) is 15.5. The van der Waals surface area contributed by atoms with Crippen molar-refractivity contribution in [3.8, 4) is 11.4 Å². The van der Waals surface area contributed by atoms with Gasteiger partial charge < -0.3 is 0 Å². The molecule has 0 saturated carbocycles. The number of benzene rings is 2. The third-order valence-electron chi connectivity index (χ3n) is 7.16. The Balaban J connectivity index is 2.04. The van der Waals surface area contributed by atoms with Gasteiger partial charge in [0.15, 0.2) is 0 Å². The van der Waals surface area contributed by atoms with Gasteiger partial charge in [-0.05, 0) is 0 Å². The van der Waals surface area contributed by atoms with E-state index < -0.39 is 18.4 Å². The molecule has 0 unspecified atom stereocenters. The van der Waals surface area contributed by atoms with Crippen LogP contribution in [-0.4, -0.2) is 42.0 Å². The average Bonchev–Trinajstić information content (AvgIpc) is 3.14. The summed E-state index contributed by atoms with van der Waals surface area (Å²) in [5.41, 5.74) is 4.84. The molecule has 0 aliphatic rings. The van der Waals surface area contributed by atoms with Crippen molar-refractivity contribution in [2.45, 2.75) is 72.6 Å². The van der Waals surface area contributed by atoms with Crippen LogP contribution >= 0.6 is 0 Å². The predicted octanol–water partition coefficient (Wildman–Crippen LogP) is 7.36. The second-order valence-corrected chi connectivity index (χ2v) is 23.0. The minimum absolute atomic E-state index is 1.07. The SMILES string of the molecule is CCC[CH2][Sn]([CH2]CCC)([CH2]CCC)[c]1ccc2c(c1)nc(-c1ccc(N(C)C)cc1)n2C. The molecule has 0 amide bonds. The molecule has 0 radical (unpaired) electrons. The zero-order chi connectivity index (χ0) is 23.1. The van der Waals surface area contributed by atoms with Crippen molar-refractivity contribution in [1.82, 2.24) is 9.55 Å². The molecule has 0 spiro atoms. The van der Waals surface area contributed by atoms with Gasteiger partial charge in [0, 0.05) is 0 Å². The van der Waals surface area contributed by atoms with Crippen LogP contribution < -0.4 is 8.48 Å². The normalized spacial score (nSPS) is 11.9. The van der Waals surface area contributed by atoms with Gasteiger partial charge in [0.1, 0.15) is 0 Å². The third kappa shape index (κ3) is 5.52. The quantitative estimate of drug-likeness (QED) is 0.224. The van der Waals surface area contributed by atoms with Gasteiger partial charge in [-0.15, -0.1) is 0 Å². The number of anilines is 1. The van der Waals surface area contributed by atoms with Crippen molar-refractivity contribution in [2.75, 3.05) is 19.0 Å². The number of aryl methyl sites for hydroxylation is 1. The van der Waals surface area contributed by atoms with Crippen molar-refractivity contribution in [2.24, 2.45) is 7.05 Å². The Morgan fingerprint density at radius 3 is 1.88 bits per heavy atom. The van der Waals surface area contributed by atoms with E-state index in [1.54, 1.807) is 3.58 Å². The number of unbranched alkanes of at least 4 members (excludes halogenated alkanes) is 3. The molecule has 174 valence electrons. The predicted molar refractivity (Wildman–Crippen MR) is 145 cm³/mol. The van der Waals surface area contributed by atoms with Crippen LogP contribution in [0.15, 0.2) is 42.5 Å². The van der Waals surface area contributed by atoms with Crippen LogP contribution in [0.3, 0.4) is 0 Å². The molecule has 1 heterocycles. The second kappa shape index (κ2) is 11.6. The van der Waals surface area contributed by atoms with E-state index in [-0.39, 0.29) is 0 Å². The Hall–Kier alpha value is -1.49. The van der Waals surface area contributed by atoms with Crippen LogP contribution in [0.2, 0.25) is 13.3 Å². The summed E-state index contributed by atoms with van der Waals surface area (Å²) < 4.78 is 8.49. The Bertz CT molecular complexity index is 966. The van der Waals surface area contributed by atoms with Gasteiger partial charge in [-0.1, -0.05) is 0 Å². The molecular formula is C28H43N3Sn. The molecule has 0 bridgehead atoms. The van der Waals surface area contributed by atoms with Crippen LogP contribution in [-0.2, 0) is 7.05 Å². The molecule has 0 aliphatic carbocycles. The maximum atomic E-state index is 5.15. The van der Waals surface area contributed by atoms with Crippen molar-refractivity contribution >= 4 is 38.7 Å². The fourth-order valence-electron chi connectivity index (χ4n) is 5.05. The molecular weight excluding hydrogens is 497 g/mol. The first-order valence-electron chi connectivity index (χ1n) is 12.7. The van der Waals surface area contributed by atoms with Gasteiger partial charge in [-0.3, -0.25) is 0 Å². The number of rotatable bonds is 12. The fraction of sp³-hybridized carbons (Fsp3) is 0.536. The van der Waals surface area contributed by atoms with E-state index in [0.29, 0.717) is 0 Å². The van der Waals surface area contributed by atoms with Crippen LogP contribution in [0.25, 0.3) is 22.4 Å². The summed E-state index contributed by atoms with van der Waals surface area (Å²) in [5.74, 6) is 1.07. The van der Waals surface area contributed by atoms with E-state index in [9.17, 15) is 0 Å². The van der Waals surface area contributed by atoms with E-state index in [1.165, 1.54) is 74.1 Å². The number of hydrogen-bond donors (Lipinski definition) is 0. The summed E-state index contributed by atoms with van der Waals surface area (Å²) in [6, 6.07) is 16.1. The number of aromatic nitrogens is 2. The van der Waals surface area contributed by atoms with Gasteiger partial charge in [0.05, 0.1) is 0 Å². The topological polar surface area (TPSA) is 21.1 Å². The van der Waals surface area contributed by atoms with E-state index in [0.717, 1.165) is 5.82 Å². The Morgan fingerprint density at radius 2 is 1.38 bits per heavy atom. The van der Waals surface area contributed by atoms with E-state index in [1.807, 2.05) is 0 Å². The summed E-state index contributed by atoms with van der Waals surface area (Å²) in [4.78, 5) is 7.29. The zero-order valence-electron chi connectivity index (χ0n) is 21.2. The van der Waals surface area contributed by atoms with Gasteiger partial charge in [0.25, 0.3) is 0 Å². The Morgan fingerprint density at radius 1 is 0.812 bits per heavy atom. The molecule has 3 aromatic rings. The minimum atomic E-state index is -2.44.